The van der Waals surface area contributed by atoms with Crippen LogP contribution in [0.25, 0.3) is 0 Å². The van der Waals surface area contributed by atoms with Gasteiger partial charge in [0.25, 0.3) is 0 Å². The normalized spacial score (nSPS) is 16.2. The minimum atomic E-state index is -1.04. The van der Waals surface area contributed by atoms with E-state index in [1.54, 1.807) is 32.9 Å². The van der Waals surface area contributed by atoms with E-state index in [0.29, 0.717) is 18.8 Å². The number of hydrogen-bond acceptors (Lipinski definition) is 3. The fourth-order valence-corrected chi connectivity index (χ4v) is 3.70. The molecule has 144 valence electrons. The zero-order chi connectivity index (χ0) is 19.6. The summed E-state index contributed by atoms with van der Waals surface area (Å²) >= 11 is 0. The van der Waals surface area contributed by atoms with Gasteiger partial charge in [-0.25, -0.2) is 4.39 Å². The van der Waals surface area contributed by atoms with E-state index >= 15 is 0 Å². The van der Waals surface area contributed by atoms with Gasteiger partial charge in [-0.2, -0.15) is 0 Å². The quantitative estimate of drug-likeness (QED) is 0.855. The lowest BCUT2D eigenvalue weighted by Crippen LogP contribution is -2.36. The van der Waals surface area contributed by atoms with Crippen molar-refractivity contribution in [2.45, 2.75) is 26.7 Å². The zero-order valence-electron chi connectivity index (χ0n) is 16.0. The van der Waals surface area contributed by atoms with Crippen molar-refractivity contribution in [1.29, 1.82) is 0 Å². The molecule has 1 unspecified atom stereocenters. The SMILES string of the molecule is Cc1cc(C(c2ccc(N3CCOCC3)cc2)C(C)(C)C(=O)O)ccc1F. The molecule has 0 radical (unpaired) electrons. The molecule has 2 aromatic carbocycles. The van der Waals surface area contributed by atoms with Gasteiger partial charge in [0.1, 0.15) is 5.82 Å². The van der Waals surface area contributed by atoms with Crippen molar-refractivity contribution in [2.24, 2.45) is 5.41 Å². The molecule has 27 heavy (non-hydrogen) atoms. The van der Waals surface area contributed by atoms with E-state index in [2.05, 4.69) is 4.90 Å². The highest BCUT2D eigenvalue weighted by atomic mass is 19.1. The second-order valence-corrected chi connectivity index (χ2v) is 7.66. The van der Waals surface area contributed by atoms with Crippen molar-refractivity contribution < 1.29 is 19.0 Å². The van der Waals surface area contributed by atoms with Gasteiger partial charge in [-0.15, -0.1) is 0 Å². The van der Waals surface area contributed by atoms with Crippen molar-refractivity contribution in [3.63, 3.8) is 0 Å². The fraction of sp³-hybridized carbons (Fsp3) is 0.409. The van der Waals surface area contributed by atoms with E-state index in [-0.39, 0.29) is 11.7 Å². The molecule has 1 aliphatic heterocycles. The number of anilines is 1. The number of hydrogen-bond donors (Lipinski definition) is 1. The predicted molar refractivity (Wildman–Crippen MR) is 104 cm³/mol. The molecule has 1 N–H and O–H groups in total. The van der Waals surface area contributed by atoms with Crippen molar-refractivity contribution in [1.82, 2.24) is 0 Å². The molecule has 1 fully saturated rings. The van der Waals surface area contributed by atoms with Crippen LogP contribution in [0.2, 0.25) is 0 Å². The smallest absolute Gasteiger partial charge is 0.310 e. The van der Waals surface area contributed by atoms with Crippen LogP contribution in [0.15, 0.2) is 42.5 Å². The Morgan fingerprint density at radius 2 is 1.70 bits per heavy atom. The van der Waals surface area contributed by atoms with Gasteiger partial charge in [-0.05, 0) is 55.7 Å². The lowest BCUT2D eigenvalue weighted by molar-refractivity contribution is -0.147. The minimum absolute atomic E-state index is 0.284. The van der Waals surface area contributed by atoms with Crippen molar-refractivity contribution >= 4 is 11.7 Å². The second-order valence-electron chi connectivity index (χ2n) is 7.66. The average molecular weight is 371 g/mol. The van der Waals surface area contributed by atoms with Crippen LogP contribution in [-0.2, 0) is 9.53 Å². The van der Waals surface area contributed by atoms with Crippen LogP contribution in [0.4, 0.5) is 10.1 Å². The zero-order valence-corrected chi connectivity index (χ0v) is 16.0. The number of rotatable bonds is 5. The van der Waals surface area contributed by atoms with E-state index in [0.717, 1.165) is 29.9 Å². The Hall–Kier alpha value is -2.40. The summed E-state index contributed by atoms with van der Waals surface area (Å²) in [6.45, 7) is 8.26. The lowest BCUT2D eigenvalue weighted by atomic mass is 9.71. The monoisotopic (exact) mass is 371 g/mol. The first-order valence-corrected chi connectivity index (χ1v) is 9.23. The Morgan fingerprint density at radius 1 is 1.11 bits per heavy atom. The largest absolute Gasteiger partial charge is 0.481 e. The van der Waals surface area contributed by atoms with Crippen LogP contribution >= 0.6 is 0 Å². The van der Waals surface area contributed by atoms with E-state index in [4.69, 9.17) is 4.74 Å². The first kappa shape index (κ1) is 19.4. The molecule has 0 bridgehead atoms. The van der Waals surface area contributed by atoms with Crippen LogP contribution in [0.1, 0.15) is 36.5 Å². The maximum Gasteiger partial charge on any atom is 0.310 e. The molecule has 1 atom stereocenters. The third kappa shape index (κ3) is 3.98. The molecule has 5 heteroatoms. The highest BCUT2D eigenvalue weighted by Crippen LogP contribution is 2.42. The molecule has 1 saturated heterocycles. The van der Waals surface area contributed by atoms with Gasteiger partial charge in [-0.1, -0.05) is 24.3 Å². The number of carboxylic acid groups (broad SMARTS) is 1. The third-order valence-electron chi connectivity index (χ3n) is 5.39. The molecule has 2 aromatic rings. The number of nitrogens with zero attached hydrogens (tertiary/aromatic N) is 1. The van der Waals surface area contributed by atoms with E-state index < -0.39 is 11.4 Å². The number of ether oxygens (including phenoxy) is 1. The van der Waals surface area contributed by atoms with Crippen LogP contribution in [0.5, 0.6) is 0 Å². The topological polar surface area (TPSA) is 49.8 Å². The van der Waals surface area contributed by atoms with Crippen LogP contribution in [-0.4, -0.2) is 37.4 Å². The first-order chi connectivity index (χ1) is 12.8. The minimum Gasteiger partial charge on any atom is -0.481 e. The van der Waals surface area contributed by atoms with Gasteiger partial charge in [-0.3, -0.25) is 4.79 Å². The van der Waals surface area contributed by atoms with E-state index in [9.17, 15) is 14.3 Å². The summed E-state index contributed by atoms with van der Waals surface area (Å²) in [4.78, 5) is 14.2. The van der Waals surface area contributed by atoms with Gasteiger partial charge >= 0.3 is 5.97 Å². The van der Waals surface area contributed by atoms with Gasteiger partial charge in [0.15, 0.2) is 0 Å². The third-order valence-corrected chi connectivity index (χ3v) is 5.39. The Morgan fingerprint density at radius 3 is 2.26 bits per heavy atom. The number of carboxylic acids is 1. The molecular formula is C22H26FNO3. The Bertz CT molecular complexity index is 811. The van der Waals surface area contributed by atoms with E-state index in [1.807, 2.05) is 24.3 Å². The van der Waals surface area contributed by atoms with Crippen LogP contribution in [0.3, 0.4) is 0 Å². The molecule has 0 spiro atoms. The molecule has 4 nitrogen and oxygen atoms in total. The fourth-order valence-electron chi connectivity index (χ4n) is 3.70. The highest BCUT2D eigenvalue weighted by molar-refractivity contribution is 5.76. The van der Waals surface area contributed by atoms with Gasteiger partial charge in [0.2, 0.25) is 0 Å². The predicted octanol–water partition coefficient (Wildman–Crippen LogP) is 4.21. The van der Waals surface area contributed by atoms with Gasteiger partial charge in [0, 0.05) is 24.7 Å². The molecule has 0 aromatic heterocycles. The number of aryl methyl sites for hydroxylation is 1. The lowest BCUT2D eigenvalue weighted by Gasteiger charge is -2.33. The molecule has 0 amide bonds. The number of benzene rings is 2. The molecule has 0 saturated carbocycles. The van der Waals surface area contributed by atoms with Gasteiger partial charge in [0.05, 0.1) is 18.6 Å². The second kappa shape index (κ2) is 7.69. The van der Waals surface area contributed by atoms with E-state index in [1.165, 1.54) is 6.07 Å². The molecular weight excluding hydrogens is 345 g/mol. The Balaban J connectivity index is 1.99. The molecule has 1 heterocycles. The number of morpholine rings is 1. The molecule has 1 aliphatic rings. The summed E-state index contributed by atoms with van der Waals surface area (Å²) in [5.41, 5.74) is 2.30. The summed E-state index contributed by atoms with van der Waals surface area (Å²) in [7, 11) is 0. The summed E-state index contributed by atoms with van der Waals surface area (Å²) in [6.07, 6.45) is 0. The maximum atomic E-state index is 13.7. The summed E-state index contributed by atoms with van der Waals surface area (Å²) in [5, 5.41) is 9.82. The maximum absolute atomic E-state index is 13.7. The molecule has 3 rings (SSSR count). The summed E-state index contributed by atoms with van der Waals surface area (Å²) in [6, 6.07) is 12.9. The summed E-state index contributed by atoms with van der Waals surface area (Å²) < 4.78 is 19.1. The summed E-state index contributed by atoms with van der Waals surface area (Å²) in [5.74, 6) is -1.55. The van der Waals surface area contributed by atoms with Crippen molar-refractivity contribution in [3.8, 4) is 0 Å². The van der Waals surface area contributed by atoms with Crippen molar-refractivity contribution in [2.75, 3.05) is 31.2 Å². The number of halogens is 1. The number of aliphatic carboxylic acids is 1. The average Bonchev–Trinajstić information content (AvgIpc) is 2.66. The van der Waals surface area contributed by atoms with Crippen LogP contribution < -0.4 is 4.90 Å². The number of carbonyl (C=O) groups is 1. The van der Waals surface area contributed by atoms with Gasteiger partial charge < -0.3 is 14.7 Å². The molecule has 0 aliphatic carbocycles. The Kier molecular flexibility index (Phi) is 5.51. The standard InChI is InChI=1S/C22H26FNO3/c1-15-14-17(6-9-19(15)23)20(22(2,3)21(25)26)16-4-7-18(8-5-16)24-10-12-27-13-11-24/h4-9,14,20H,10-13H2,1-3H3,(H,25,26). The first-order valence-electron chi connectivity index (χ1n) is 9.23. The highest BCUT2D eigenvalue weighted by Gasteiger charge is 2.39. The van der Waals surface area contributed by atoms with Crippen LogP contribution in [0, 0.1) is 18.2 Å². The van der Waals surface area contributed by atoms with Crippen molar-refractivity contribution in [3.05, 3.63) is 65.0 Å². The Labute approximate surface area is 159 Å².